The van der Waals surface area contributed by atoms with Crippen molar-refractivity contribution in [2.75, 3.05) is 6.54 Å². The molecule has 98 valence electrons. The first-order valence-corrected chi connectivity index (χ1v) is 6.16. The Balaban J connectivity index is 2.16. The third-order valence-electron chi connectivity index (χ3n) is 3.57. The van der Waals surface area contributed by atoms with E-state index in [0.717, 1.165) is 12.8 Å². The molecule has 0 aliphatic carbocycles. The molecule has 0 aromatic carbocycles. The summed E-state index contributed by atoms with van der Waals surface area (Å²) < 4.78 is 0. The van der Waals surface area contributed by atoms with Gasteiger partial charge in [-0.05, 0) is 24.8 Å². The van der Waals surface area contributed by atoms with Gasteiger partial charge in [0.2, 0.25) is 0 Å². The van der Waals surface area contributed by atoms with Crippen molar-refractivity contribution in [1.29, 1.82) is 0 Å². The summed E-state index contributed by atoms with van der Waals surface area (Å²) in [6, 6.07) is 0.840. The molecule has 1 aliphatic rings. The van der Waals surface area contributed by atoms with Crippen LogP contribution in [0.2, 0.25) is 0 Å². The van der Waals surface area contributed by atoms with E-state index in [-0.39, 0.29) is 5.91 Å². The summed E-state index contributed by atoms with van der Waals surface area (Å²) in [5.41, 5.74) is 0.344. The quantitative estimate of drug-likeness (QED) is 0.843. The third kappa shape index (κ3) is 2.37. The van der Waals surface area contributed by atoms with Gasteiger partial charge in [0.15, 0.2) is 0 Å². The first-order valence-electron chi connectivity index (χ1n) is 6.16. The van der Waals surface area contributed by atoms with Crippen molar-refractivity contribution < 1.29 is 14.7 Å². The predicted octanol–water partition coefficient (Wildman–Crippen LogP) is 1.13. The predicted molar refractivity (Wildman–Crippen MR) is 64.1 cm³/mol. The molecule has 18 heavy (non-hydrogen) atoms. The number of hydrogen-bond acceptors (Lipinski definition) is 3. The molecule has 0 spiro atoms. The van der Waals surface area contributed by atoms with Gasteiger partial charge in [0.05, 0.1) is 0 Å². The zero-order valence-corrected chi connectivity index (χ0v) is 10.3. The summed E-state index contributed by atoms with van der Waals surface area (Å²) in [6.45, 7) is 2.54. The molecule has 6 heteroatoms. The van der Waals surface area contributed by atoms with Crippen LogP contribution >= 0.6 is 0 Å². The molecule has 2 heterocycles. The van der Waals surface area contributed by atoms with Crippen LogP contribution in [0.15, 0.2) is 12.3 Å². The van der Waals surface area contributed by atoms with E-state index in [0.29, 0.717) is 24.6 Å². The number of carboxylic acids is 1. The van der Waals surface area contributed by atoms with E-state index in [2.05, 4.69) is 17.1 Å². The van der Waals surface area contributed by atoms with E-state index < -0.39 is 12.0 Å². The highest BCUT2D eigenvalue weighted by Crippen LogP contribution is 2.26. The summed E-state index contributed by atoms with van der Waals surface area (Å²) in [6.07, 6.45) is 3.84. The van der Waals surface area contributed by atoms with E-state index in [4.69, 9.17) is 0 Å². The molecule has 0 saturated carbocycles. The zero-order valence-electron chi connectivity index (χ0n) is 10.3. The zero-order chi connectivity index (χ0) is 13.1. The smallest absolute Gasteiger partial charge is 0.326 e. The van der Waals surface area contributed by atoms with Crippen molar-refractivity contribution in [3.05, 3.63) is 18.0 Å². The van der Waals surface area contributed by atoms with Crippen molar-refractivity contribution in [2.24, 2.45) is 5.92 Å². The fourth-order valence-electron chi connectivity index (χ4n) is 2.42. The van der Waals surface area contributed by atoms with Crippen LogP contribution in [0, 0.1) is 5.92 Å². The van der Waals surface area contributed by atoms with Gasteiger partial charge in [-0.2, -0.15) is 5.10 Å². The number of hydrogen-bond donors (Lipinski definition) is 2. The molecule has 1 amide bonds. The highest BCUT2D eigenvalue weighted by molar-refractivity contribution is 5.95. The lowest BCUT2D eigenvalue weighted by Gasteiger charge is -2.36. The molecular formula is C12H17N3O3. The number of amides is 1. The Labute approximate surface area is 105 Å². The molecule has 2 atom stereocenters. The lowest BCUT2D eigenvalue weighted by Crippen LogP contribution is -2.50. The molecule has 2 N–H and O–H groups in total. The molecule has 1 fully saturated rings. The summed E-state index contributed by atoms with van der Waals surface area (Å²) in [5.74, 6) is -0.826. The number of carbonyl (C=O) groups is 2. The van der Waals surface area contributed by atoms with Crippen LogP contribution in [0.5, 0.6) is 0 Å². The number of nitrogens with one attached hydrogen (secondary N) is 1. The molecule has 6 nitrogen and oxygen atoms in total. The van der Waals surface area contributed by atoms with Crippen molar-refractivity contribution in [3.63, 3.8) is 0 Å². The molecular weight excluding hydrogens is 234 g/mol. The number of carboxylic acid groups (broad SMARTS) is 1. The van der Waals surface area contributed by atoms with Crippen LogP contribution in [0.25, 0.3) is 0 Å². The van der Waals surface area contributed by atoms with E-state index in [1.54, 1.807) is 6.07 Å². The third-order valence-corrected chi connectivity index (χ3v) is 3.57. The standard InChI is InChI=1S/C12H17N3O3/c1-2-8-4-6-15(10(7-8)12(17)18)11(16)9-3-5-13-14-9/h3,5,8,10H,2,4,6-7H2,1H3,(H,13,14)(H,17,18). The summed E-state index contributed by atoms with van der Waals surface area (Å²) in [7, 11) is 0. The van der Waals surface area contributed by atoms with Gasteiger partial charge in [-0.15, -0.1) is 0 Å². The van der Waals surface area contributed by atoms with Crippen molar-refractivity contribution >= 4 is 11.9 Å². The first kappa shape index (κ1) is 12.6. The Hall–Kier alpha value is -1.85. The Morgan fingerprint density at radius 2 is 2.39 bits per heavy atom. The highest BCUT2D eigenvalue weighted by atomic mass is 16.4. The van der Waals surface area contributed by atoms with Gasteiger partial charge in [0, 0.05) is 12.7 Å². The van der Waals surface area contributed by atoms with Gasteiger partial charge >= 0.3 is 5.97 Å². The van der Waals surface area contributed by atoms with Gasteiger partial charge < -0.3 is 10.0 Å². The largest absolute Gasteiger partial charge is 0.480 e. The Kier molecular flexibility index (Phi) is 3.64. The number of aliphatic carboxylic acids is 1. The van der Waals surface area contributed by atoms with E-state index in [1.807, 2.05) is 0 Å². The maximum absolute atomic E-state index is 12.2. The summed E-state index contributed by atoms with van der Waals surface area (Å²) in [5, 5.41) is 15.6. The minimum atomic E-state index is -0.930. The molecule has 1 aliphatic heterocycles. The average molecular weight is 251 g/mol. The number of nitrogens with zero attached hydrogens (tertiary/aromatic N) is 2. The van der Waals surface area contributed by atoms with Crippen LogP contribution in [-0.4, -0.2) is 44.7 Å². The first-order chi connectivity index (χ1) is 8.63. The molecule has 2 rings (SSSR count). The second-order valence-electron chi connectivity index (χ2n) is 4.62. The number of aromatic amines is 1. The minimum absolute atomic E-state index is 0.283. The Bertz CT molecular complexity index is 430. The summed E-state index contributed by atoms with van der Waals surface area (Å²) in [4.78, 5) is 24.9. The monoisotopic (exact) mass is 251 g/mol. The maximum atomic E-state index is 12.2. The maximum Gasteiger partial charge on any atom is 0.326 e. The Morgan fingerprint density at radius 1 is 1.61 bits per heavy atom. The molecule has 2 unspecified atom stereocenters. The van der Waals surface area contributed by atoms with Crippen molar-refractivity contribution in [3.8, 4) is 0 Å². The van der Waals surface area contributed by atoms with Gasteiger partial charge in [0.25, 0.3) is 5.91 Å². The van der Waals surface area contributed by atoms with Gasteiger partial charge in [0.1, 0.15) is 11.7 Å². The number of rotatable bonds is 3. The molecule has 0 radical (unpaired) electrons. The average Bonchev–Trinajstić information content (AvgIpc) is 2.91. The molecule has 1 saturated heterocycles. The summed E-state index contributed by atoms with van der Waals surface area (Å²) >= 11 is 0. The lowest BCUT2D eigenvalue weighted by atomic mass is 9.88. The fraction of sp³-hybridized carbons (Fsp3) is 0.583. The van der Waals surface area contributed by atoms with Crippen molar-refractivity contribution in [2.45, 2.75) is 32.2 Å². The number of aromatic nitrogens is 2. The molecule has 0 bridgehead atoms. The second-order valence-corrected chi connectivity index (χ2v) is 4.62. The van der Waals surface area contributed by atoms with Gasteiger partial charge in [-0.3, -0.25) is 9.89 Å². The van der Waals surface area contributed by atoms with Crippen LogP contribution < -0.4 is 0 Å². The van der Waals surface area contributed by atoms with Crippen molar-refractivity contribution in [1.82, 2.24) is 15.1 Å². The highest BCUT2D eigenvalue weighted by Gasteiger charge is 2.36. The van der Waals surface area contributed by atoms with Crippen LogP contribution in [0.3, 0.4) is 0 Å². The SMILES string of the molecule is CCC1CCN(C(=O)c2ccn[nH]2)C(C(=O)O)C1. The molecule has 1 aromatic rings. The number of likely N-dealkylation sites (tertiary alicyclic amines) is 1. The van der Waals surface area contributed by atoms with E-state index >= 15 is 0 Å². The van der Waals surface area contributed by atoms with E-state index in [9.17, 15) is 14.7 Å². The van der Waals surface area contributed by atoms with Crippen LogP contribution in [0.4, 0.5) is 0 Å². The van der Waals surface area contributed by atoms with Crippen LogP contribution in [-0.2, 0) is 4.79 Å². The Morgan fingerprint density at radius 3 is 2.94 bits per heavy atom. The van der Waals surface area contributed by atoms with Gasteiger partial charge in [-0.1, -0.05) is 13.3 Å². The van der Waals surface area contributed by atoms with Gasteiger partial charge in [-0.25, -0.2) is 4.79 Å². The normalized spacial score (nSPS) is 23.9. The van der Waals surface area contributed by atoms with Crippen LogP contribution in [0.1, 0.15) is 36.7 Å². The lowest BCUT2D eigenvalue weighted by molar-refractivity contribution is -0.144. The number of H-pyrrole nitrogens is 1. The fourth-order valence-corrected chi connectivity index (χ4v) is 2.42. The number of piperidine rings is 1. The molecule has 1 aromatic heterocycles. The minimum Gasteiger partial charge on any atom is -0.480 e. The second kappa shape index (κ2) is 5.20. The van der Waals surface area contributed by atoms with E-state index in [1.165, 1.54) is 11.1 Å². The number of carbonyl (C=O) groups excluding carboxylic acids is 1. The topological polar surface area (TPSA) is 86.3 Å².